The first-order valence-corrected chi connectivity index (χ1v) is 4.21. The number of hydrogen-bond donors (Lipinski definition) is 0. The fraction of sp³-hybridized carbons (Fsp3) is 0.500. The van der Waals surface area contributed by atoms with Crippen LogP contribution in [0.4, 0.5) is 0 Å². The van der Waals surface area contributed by atoms with Crippen LogP contribution in [0, 0.1) is 0 Å². The molecule has 0 spiro atoms. The van der Waals surface area contributed by atoms with E-state index in [1.54, 1.807) is 0 Å². The van der Waals surface area contributed by atoms with Crippen LogP contribution < -0.4 is 0 Å². The molecule has 0 fully saturated rings. The summed E-state index contributed by atoms with van der Waals surface area (Å²) in [7, 11) is 0. The van der Waals surface area contributed by atoms with E-state index in [9.17, 15) is 0 Å². The van der Waals surface area contributed by atoms with E-state index in [1.165, 1.54) is 5.57 Å². The van der Waals surface area contributed by atoms with Crippen molar-refractivity contribution < 1.29 is 0 Å². The predicted octanol–water partition coefficient (Wildman–Crippen LogP) is 2.74. The van der Waals surface area contributed by atoms with Gasteiger partial charge in [0, 0.05) is 6.21 Å². The van der Waals surface area contributed by atoms with E-state index in [1.807, 2.05) is 6.21 Å². The summed E-state index contributed by atoms with van der Waals surface area (Å²) in [5.41, 5.74) is 1.36. The smallest absolute Gasteiger partial charge is 0.0505 e. The van der Waals surface area contributed by atoms with Gasteiger partial charge in [0.05, 0.1) is 6.04 Å². The van der Waals surface area contributed by atoms with Crippen molar-refractivity contribution in [3.8, 4) is 0 Å². The second kappa shape index (κ2) is 4.12. The SMILES string of the molecule is CCC1=C\C=N/C(C)C/C=C\1. The average molecular weight is 149 g/mol. The number of rotatable bonds is 1. The van der Waals surface area contributed by atoms with E-state index >= 15 is 0 Å². The van der Waals surface area contributed by atoms with Gasteiger partial charge < -0.3 is 0 Å². The third-order valence-electron chi connectivity index (χ3n) is 1.85. The lowest BCUT2D eigenvalue weighted by molar-refractivity contribution is 0.761. The molecule has 0 aromatic carbocycles. The molecule has 0 amide bonds. The molecule has 1 heterocycles. The lowest BCUT2D eigenvalue weighted by atomic mass is 10.1. The normalized spacial score (nSPS) is 34.7. The number of allylic oxidation sites excluding steroid dienone is 3. The summed E-state index contributed by atoms with van der Waals surface area (Å²) in [5, 5.41) is 0. The molecular formula is C10H15N. The minimum atomic E-state index is 0.445. The summed E-state index contributed by atoms with van der Waals surface area (Å²) >= 11 is 0. The highest BCUT2D eigenvalue weighted by Crippen LogP contribution is 2.07. The van der Waals surface area contributed by atoms with Crippen molar-refractivity contribution in [1.29, 1.82) is 0 Å². The van der Waals surface area contributed by atoms with Crippen LogP contribution in [0.2, 0.25) is 0 Å². The minimum Gasteiger partial charge on any atom is -0.290 e. The monoisotopic (exact) mass is 149 g/mol. The van der Waals surface area contributed by atoms with Crippen LogP contribution in [0.1, 0.15) is 26.7 Å². The molecule has 1 nitrogen and oxygen atoms in total. The van der Waals surface area contributed by atoms with Crippen molar-refractivity contribution >= 4 is 6.21 Å². The summed E-state index contributed by atoms with van der Waals surface area (Å²) in [5.74, 6) is 0. The molecule has 60 valence electrons. The summed E-state index contributed by atoms with van der Waals surface area (Å²) in [6.07, 6.45) is 10.6. The first kappa shape index (κ1) is 8.25. The second-order valence-electron chi connectivity index (χ2n) is 2.88. The fourth-order valence-corrected chi connectivity index (χ4v) is 1.05. The maximum Gasteiger partial charge on any atom is 0.0505 e. The zero-order chi connectivity index (χ0) is 8.10. The van der Waals surface area contributed by atoms with E-state index in [0.717, 1.165) is 12.8 Å². The average Bonchev–Trinajstić information content (AvgIpc) is 1.96. The Morgan fingerprint density at radius 2 is 2.45 bits per heavy atom. The van der Waals surface area contributed by atoms with Crippen LogP contribution in [0.25, 0.3) is 0 Å². The Hall–Kier alpha value is -0.850. The molecule has 0 saturated carbocycles. The molecule has 1 rings (SSSR count). The Morgan fingerprint density at radius 1 is 1.64 bits per heavy atom. The van der Waals surface area contributed by atoms with Crippen LogP contribution >= 0.6 is 0 Å². The van der Waals surface area contributed by atoms with Gasteiger partial charge in [-0.1, -0.05) is 19.1 Å². The van der Waals surface area contributed by atoms with Gasteiger partial charge in [-0.25, -0.2) is 0 Å². The Labute approximate surface area is 68.5 Å². The lowest BCUT2D eigenvalue weighted by Crippen LogP contribution is -1.97. The van der Waals surface area contributed by atoms with Crippen LogP contribution in [0.15, 0.2) is 28.8 Å². The summed E-state index contributed by atoms with van der Waals surface area (Å²) < 4.78 is 0. The standard InChI is InChI=1S/C10H15N/c1-3-10-6-4-5-9(2)11-8-7-10/h4,6-9H,3,5H2,1-2H3/b6-4-,10-7+,11-8-. The highest BCUT2D eigenvalue weighted by Gasteiger charge is 1.95. The van der Waals surface area contributed by atoms with Crippen LogP contribution in [0.3, 0.4) is 0 Å². The van der Waals surface area contributed by atoms with Gasteiger partial charge in [-0.15, -0.1) is 0 Å². The Kier molecular flexibility index (Phi) is 3.09. The fourth-order valence-electron chi connectivity index (χ4n) is 1.05. The topological polar surface area (TPSA) is 12.4 Å². The molecule has 0 aromatic rings. The number of aliphatic imine (C=N–C) groups is 1. The third-order valence-corrected chi connectivity index (χ3v) is 1.85. The highest BCUT2D eigenvalue weighted by atomic mass is 14.7. The molecule has 1 unspecified atom stereocenters. The molecular weight excluding hydrogens is 134 g/mol. The molecule has 0 bridgehead atoms. The molecule has 1 aliphatic heterocycles. The van der Waals surface area contributed by atoms with Crippen molar-refractivity contribution in [2.24, 2.45) is 4.99 Å². The molecule has 0 N–H and O–H groups in total. The van der Waals surface area contributed by atoms with Crippen molar-refractivity contribution in [1.82, 2.24) is 0 Å². The van der Waals surface area contributed by atoms with Gasteiger partial charge in [-0.2, -0.15) is 0 Å². The van der Waals surface area contributed by atoms with Gasteiger partial charge in [0.2, 0.25) is 0 Å². The quantitative estimate of drug-likeness (QED) is 0.543. The van der Waals surface area contributed by atoms with Gasteiger partial charge in [-0.3, -0.25) is 4.99 Å². The summed E-state index contributed by atoms with van der Waals surface area (Å²) in [6.45, 7) is 4.29. The third kappa shape index (κ3) is 2.71. The van der Waals surface area contributed by atoms with Gasteiger partial charge in [0.15, 0.2) is 0 Å². The van der Waals surface area contributed by atoms with Crippen molar-refractivity contribution in [2.75, 3.05) is 0 Å². The van der Waals surface area contributed by atoms with E-state index in [0.29, 0.717) is 6.04 Å². The molecule has 1 aliphatic rings. The number of hydrogen-bond acceptors (Lipinski definition) is 1. The van der Waals surface area contributed by atoms with Crippen LogP contribution in [-0.4, -0.2) is 12.3 Å². The summed E-state index contributed by atoms with van der Waals surface area (Å²) in [6, 6.07) is 0.445. The Bertz CT molecular complexity index is 199. The van der Waals surface area contributed by atoms with Crippen molar-refractivity contribution in [2.45, 2.75) is 32.7 Å². The zero-order valence-corrected chi connectivity index (χ0v) is 7.25. The molecule has 0 saturated heterocycles. The Balaban J connectivity index is 2.69. The first-order valence-electron chi connectivity index (χ1n) is 4.21. The van der Waals surface area contributed by atoms with Gasteiger partial charge >= 0.3 is 0 Å². The van der Waals surface area contributed by atoms with E-state index in [4.69, 9.17) is 0 Å². The van der Waals surface area contributed by atoms with E-state index < -0.39 is 0 Å². The molecule has 0 aliphatic carbocycles. The molecule has 0 radical (unpaired) electrons. The highest BCUT2D eigenvalue weighted by molar-refractivity contribution is 5.73. The summed E-state index contributed by atoms with van der Waals surface area (Å²) in [4.78, 5) is 4.33. The predicted molar refractivity (Wildman–Crippen MR) is 50.1 cm³/mol. The van der Waals surface area contributed by atoms with Gasteiger partial charge in [0.25, 0.3) is 0 Å². The van der Waals surface area contributed by atoms with Crippen molar-refractivity contribution in [3.63, 3.8) is 0 Å². The Morgan fingerprint density at radius 3 is 3.18 bits per heavy atom. The number of nitrogens with zero attached hydrogens (tertiary/aromatic N) is 1. The van der Waals surface area contributed by atoms with Crippen molar-refractivity contribution in [3.05, 3.63) is 23.8 Å². The molecule has 11 heavy (non-hydrogen) atoms. The molecule has 1 atom stereocenters. The van der Waals surface area contributed by atoms with E-state index in [2.05, 4.69) is 37.1 Å². The second-order valence-corrected chi connectivity index (χ2v) is 2.88. The van der Waals surface area contributed by atoms with Gasteiger partial charge in [-0.05, 0) is 31.4 Å². The first-order chi connectivity index (χ1) is 5.33. The zero-order valence-electron chi connectivity index (χ0n) is 7.25. The van der Waals surface area contributed by atoms with Gasteiger partial charge in [0.1, 0.15) is 0 Å². The maximum atomic E-state index is 4.33. The molecule has 0 aromatic heterocycles. The maximum absolute atomic E-state index is 4.33. The molecule has 1 heteroatoms. The van der Waals surface area contributed by atoms with Crippen LogP contribution in [-0.2, 0) is 0 Å². The largest absolute Gasteiger partial charge is 0.290 e. The van der Waals surface area contributed by atoms with Crippen LogP contribution in [0.5, 0.6) is 0 Å². The minimum absolute atomic E-state index is 0.445. The van der Waals surface area contributed by atoms with E-state index in [-0.39, 0.29) is 0 Å². The lowest BCUT2D eigenvalue weighted by Gasteiger charge is -2.04.